The van der Waals surface area contributed by atoms with Crippen LogP contribution in [0.4, 0.5) is 4.39 Å². The number of tetrazole rings is 1. The summed E-state index contributed by atoms with van der Waals surface area (Å²) in [5.74, 6) is -1.64. The molecule has 0 atom stereocenters. The van der Waals surface area contributed by atoms with Gasteiger partial charge in [-0.25, -0.2) is 4.39 Å². The van der Waals surface area contributed by atoms with E-state index in [0.717, 1.165) is 17.8 Å². The first-order chi connectivity index (χ1) is 8.58. The van der Waals surface area contributed by atoms with Gasteiger partial charge in [0, 0.05) is 0 Å². The SMILES string of the molecule is O=C(O)CSc1nnnn1-c1ccc(F)cc1Cl. The minimum atomic E-state index is -0.986. The van der Waals surface area contributed by atoms with Gasteiger partial charge in [0.15, 0.2) is 0 Å². The van der Waals surface area contributed by atoms with Crippen LogP contribution in [0, 0.1) is 5.82 Å². The zero-order valence-corrected chi connectivity index (χ0v) is 10.3. The first kappa shape index (κ1) is 12.8. The fraction of sp³-hybridized carbons (Fsp3) is 0.111. The Labute approximate surface area is 110 Å². The molecule has 18 heavy (non-hydrogen) atoms. The third-order valence-corrected chi connectivity index (χ3v) is 3.11. The lowest BCUT2D eigenvalue weighted by molar-refractivity contribution is -0.133. The van der Waals surface area contributed by atoms with Crippen LogP contribution in [-0.4, -0.2) is 37.0 Å². The fourth-order valence-corrected chi connectivity index (χ4v) is 2.05. The predicted octanol–water partition coefficient (Wildman–Crippen LogP) is 1.63. The number of hydrogen-bond acceptors (Lipinski definition) is 5. The quantitative estimate of drug-likeness (QED) is 0.861. The maximum atomic E-state index is 12.9. The van der Waals surface area contributed by atoms with Crippen LogP contribution in [0.5, 0.6) is 0 Å². The van der Waals surface area contributed by atoms with E-state index in [1.807, 2.05) is 0 Å². The van der Waals surface area contributed by atoms with Crippen molar-refractivity contribution in [3.63, 3.8) is 0 Å². The Morgan fingerprint density at radius 2 is 2.33 bits per heavy atom. The van der Waals surface area contributed by atoms with E-state index in [2.05, 4.69) is 15.5 Å². The number of hydrogen-bond donors (Lipinski definition) is 1. The lowest BCUT2D eigenvalue weighted by atomic mass is 10.3. The van der Waals surface area contributed by atoms with E-state index in [1.54, 1.807) is 0 Å². The zero-order valence-electron chi connectivity index (χ0n) is 8.75. The van der Waals surface area contributed by atoms with Gasteiger partial charge < -0.3 is 5.11 Å². The second-order valence-electron chi connectivity index (χ2n) is 3.15. The minimum absolute atomic E-state index is 0.138. The number of halogens is 2. The van der Waals surface area contributed by atoms with Gasteiger partial charge in [-0.3, -0.25) is 4.79 Å². The van der Waals surface area contributed by atoms with Gasteiger partial charge in [-0.15, -0.1) is 5.10 Å². The van der Waals surface area contributed by atoms with Crippen molar-refractivity contribution in [2.45, 2.75) is 5.16 Å². The lowest BCUT2D eigenvalue weighted by Gasteiger charge is -2.05. The molecule has 0 aliphatic rings. The van der Waals surface area contributed by atoms with E-state index >= 15 is 0 Å². The van der Waals surface area contributed by atoms with E-state index in [4.69, 9.17) is 16.7 Å². The summed E-state index contributed by atoms with van der Waals surface area (Å²) in [6.45, 7) is 0. The van der Waals surface area contributed by atoms with Crippen molar-refractivity contribution in [1.29, 1.82) is 0 Å². The molecule has 1 heterocycles. The average Bonchev–Trinajstić information content (AvgIpc) is 2.74. The second kappa shape index (κ2) is 5.32. The predicted molar refractivity (Wildman–Crippen MR) is 62.5 cm³/mol. The smallest absolute Gasteiger partial charge is 0.313 e. The van der Waals surface area contributed by atoms with Crippen molar-refractivity contribution in [3.8, 4) is 5.69 Å². The average molecular weight is 289 g/mol. The van der Waals surface area contributed by atoms with Crippen molar-refractivity contribution in [2.24, 2.45) is 0 Å². The normalized spacial score (nSPS) is 10.6. The molecule has 0 amide bonds. The first-order valence-electron chi connectivity index (χ1n) is 4.66. The molecule has 0 unspecified atom stereocenters. The van der Waals surface area contributed by atoms with Gasteiger partial charge in [0.05, 0.1) is 16.5 Å². The molecule has 0 fully saturated rings. The molecule has 1 aromatic heterocycles. The fourth-order valence-electron chi connectivity index (χ4n) is 1.20. The van der Waals surface area contributed by atoms with Gasteiger partial charge in [-0.1, -0.05) is 23.4 Å². The standard InChI is InChI=1S/C9H6ClFN4O2S/c10-6-3-5(11)1-2-7(6)15-9(12-13-14-15)18-4-8(16)17/h1-3H,4H2,(H,16,17). The Hall–Kier alpha value is -1.67. The topological polar surface area (TPSA) is 80.9 Å². The summed E-state index contributed by atoms with van der Waals surface area (Å²) in [4.78, 5) is 10.5. The van der Waals surface area contributed by atoms with Gasteiger partial charge in [0.1, 0.15) is 5.82 Å². The Morgan fingerprint density at radius 3 is 3.00 bits per heavy atom. The summed E-state index contributed by atoms with van der Waals surface area (Å²) in [5, 5.41) is 19.8. The van der Waals surface area contributed by atoms with Crippen LogP contribution in [-0.2, 0) is 4.79 Å². The monoisotopic (exact) mass is 288 g/mol. The molecule has 1 N–H and O–H groups in total. The summed E-state index contributed by atoms with van der Waals surface area (Å²) in [6.07, 6.45) is 0. The van der Waals surface area contributed by atoms with Gasteiger partial charge in [0.2, 0.25) is 5.16 Å². The van der Waals surface area contributed by atoms with Gasteiger partial charge in [0.25, 0.3) is 0 Å². The molecule has 0 saturated carbocycles. The zero-order chi connectivity index (χ0) is 13.1. The number of benzene rings is 1. The molecule has 0 bridgehead atoms. The molecule has 2 aromatic rings. The van der Waals surface area contributed by atoms with Crippen molar-refractivity contribution < 1.29 is 14.3 Å². The van der Waals surface area contributed by atoms with Crippen molar-refractivity contribution in [3.05, 3.63) is 29.0 Å². The third-order valence-electron chi connectivity index (χ3n) is 1.90. The molecule has 6 nitrogen and oxygen atoms in total. The van der Waals surface area contributed by atoms with E-state index in [9.17, 15) is 9.18 Å². The molecule has 0 aliphatic heterocycles. The highest BCUT2D eigenvalue weighted by molar-refractivity contribution is 7.99. The van der Waals surface area contributed by atoms with Crippen LogP contribution in [0.2, 0.25) is 5.02 Å². The Morgan fingerprint density at radius 1 is 1.56 bits per heavy atom. The maximum Gasteiger partial charge on any atom is 0.313 e. The van der Waals surface area contributed by atoms with Crippen molar-refractivity contribution in [2.75, 3.05) is 5.75 Å². The van der Waals surface area contributed by atoms with Crippen LogP contribution < -0.4 is 0 Å². The summed E-state index contributed by atoms with van der Waals surface area (Å²) in [5.41, 5.74) is 0.385. The number of aromatic nitrogens is 4. The molecule has 0 aliphatic carbocycles. The Bertz CT molecular complexity index is 592. The van der Waals surface area contributed by atoms with Gasteiger partial charge in [-0.05, 0) is 28.6 Å². The van der Waals surface area contributed by atoms with E-state index in [-0.39, 0.29) is 15.9 Å². The van der Waals surface area contributed by atoms with E-state index < -0.39 is 11.8 Å². The second-order valence-corrected chi connectivity index (χ2v) is 4.50. The third kappa shape index (κ3) is 2.77. The highest BCUT2D eigenvalue weighted by Crippen LogP contribution is 2.24. The highest BCUT2D eigenvalue weighted by Gasteiger charge is 2.13. The Balaban J connectivity index is 2.33. The number of aliphatic carboxylic acids is 1. The minimum Gasteiger partial charge on any atom is -0.481 e. The molecule has 0 saturated heterocycles. The largest absolute Gasteiger partial charge is 0.481 e. The molecule has 0 spiro atoms. The number of carboxylic acid groups (broad SMARTS) is 1. The van der Waals surface area contributed by atoms with E-state index in [0.29, 0.717) is 5.69 Å². The summed E-state index contributed by atoms with van der Waals surface area (Å²) in [6, 6.07) is 3.76. The van der Waals surface area contributed by atoms with Crippen LogP contribution >= 0.6 is 23.4 Å². The van der Waals surface area contributed by atoms with Crippen molar-refractivity contribution >= 4 is 29.3 Å². The molecular formula is C9H6ClFN4O2S. The Kier molecular flexibility index (Phi) is 3.78. The summed E-state index contributed by atoms with van der Waals surface area (Å²) in [7, 11) is 0. The molecule has 0 radical (unpaired) electrons. The number of carboxylic acids is 1. The van der Waals surface area contributed by atoms with Crippen LogP contribution in [0.15, 0.2) is 23.4 Å². The molecule has 1 aromatic carbocycles. The highest BCUT2D eigenvalue weighted by atomic mass is 35.5. The summed E-state index contributed by atoms with van der Waals surface area (Å²) >= 11 is 6.82. The first-order valence-corrected chi connectivity index (χ1v) is 6.02. The van der Waals surface area contributed by atoms with Crippen LogP contribution in [0.25, 0.3) is 5.69 Å². The maximum absolute atomic E-state index is 12.9. The van der Waals surface area contributed by atoms with Gasteiger partial charge >= 0.3 is 5.97 Å². The number of rotatable bonds is 4. The number of thioether (sulfide) groups is 1. The van der Waals surface area contributed by atoms with Gasteiger partial charge in [-0.2, -0.15) is 4.68 Å². The summed E-state index contributed by atoms with van der Waals surface area (Å²) < 4.78 is 14.2. The lowest BCUT2D eigenvalue weighted by Crippen LogP contribution is -2.03. The molecule has 2 rings (SSSR count). The van der Waals surface area contributed by atoms with Crippen LogP contribution in [0.1, 0.15) is 0 Å². The molecule has 94 valence electrons. The van der Waals surface area contributed by atoms with Crippen LogP contribution in [0.3, 0.4) is 0 Å². The van der Waals surface area contributed by atoms with Crippen molar-refractivity contribution in [1.82, 2.24) is 20.2 Å². The number of carbonyl (C=O) groups is 1. The molecule has 9 heteroatoms. The molecular weight excluding hydrogens is 283 g/mol. The number of nitrogens with zero attached hydrogens (tertiary/aromatic N) is 4. The van der Waals surface area contributed by atoms with E-state index in [1.165, 1.54) is 16.8 Å².